The molecule has 7 heteroatoms. The number of carbonyl (C=O) groups excluding carboxylic acids is 1. The molecular formula is C17H16ClN5O. The van der Waals surface area contributed by atoms with E-state index in [0.717, 1.165) is 0 Å². The lowest BCUT2D eigenvalue weighted by atomic mass is 10.3. The van der Waals surface area contributed by atoms with E-state index in [-0.39, 0.29) is 11.6 Å². The molecule has 122 valence electrons. The van der Waals surface area contributed by atoms with Crippen LogP contribution in [0, 0.1) is 0 Å². The molecule has 2 aromatic heterocycles. The summed E-state index contributed by atoms with van der Waals surface area (Å²) in [6.45, 7) is 0. The summed E-state index contributed by atoms with van der Waals surface area (Å²) in [5.74, 6) is 0.0800. The van der Waals surface area contributed by atoms with Crippen LogP contribution in [0.25, 0.3) is 6.08 Å². The SMILES string of the molecule is O=C(Nc1cccc(/C=C/NC=NC2CC2)n1)c1cc(Cl)ccn1. The molecule has 0 spiro atoms. The number of hydrogen-bond acceptors (Lipinski definition) is 4. The lowest BCUT2D eigenvalue weighted by molar-refractivity contribution is 0.102. The van der Waals surface area contributed by atoms with Crippen molar-refractivity contribution in [3.05, 3.63) is 59.1 Å². The summed E-state index contributed by atoms with van der Waals surface area (Å²) in [7, 11) is 0. The van der Waals surface area contributed by atoms with E-state index in [0.29, 0.717) is 22.6 Å². The zero-order valence-electron chi connectivity index (χ0n) is 12.8. The average molecular weight is 342 g/mol. The number of nitrogens with zero attached hydrogens (tertiary/aromatic N) is 3. The van der Waals surface area contributed by atoms with Crippen molar-refractivity contribution in [2.24, 2.45) is 4.99 Å². The van der Waals surface area contributed by atoms with Crippen LogP contribution in [0.2, 0.25) is 5.02 Å². The van der Waals surface area contributed by atoms with Crippen molar-refractivity contribution in [2.45, 2.75) is 18.9 Å². The summed E-state index contributed by atoms with van der Waals surface area (Å²) in [6.07, 6.45) is 9.06. The maximum absolute atomic E-state index is 12.1. The van der Waals surface area contributed by atoms with Gasteiger partial charge in [-0.05, 0) is 43.2 Å². The summed E-state index contributed by atoms with van der Waals surface area (Å²) in [5, 5.41) is 6.13. The van der Waals surface area contributed by atoms with Gasteiger partial charge in [-0.2, -0.15) is 0 Å². The summed E-state index contributed by atoms with van der Waals surface area (Å²) in [4.78, 5) is 24.7. The lowest BCUT2D eigenvalue weighted by Crippen LogP contribution is -2.14. The summed E-state index contributed by atoms with van der Waals surface area (Å²) in [5.41, 5.74) is 0.947. The zero-order chi connectivity index (χ0) is 16.8. The monoisotopic (exact) mass is 341 g/mol. The van der Waals surface area contributed by atoms with Gasteiger partial charge in [0.15, 0.2) is 0 Å². The van der Waals surface area contributed by atoms with Crippen molar-refractivity contribution < 1.29 is 4.79 Å². The van der Waals surface area contributed by atoms with Crippen LogP contribution in [0.15, 0.2) is 47.7 Å². The molecule has 0 radical (unpaired) electrons. The molecule has 2 aromatic rings. The van der Waals surface area contributed by atoms with Crippen LogP contribution < -0.4 is 10.6 Å². The van der Waals surface area contributed by atoms with Gasteiger partial charge in [-0.25, -0.2) is 4.98 Å². The first-order chi connectivity index (χ1) is 11.7. The molecule has 2 heterocycles. The van der Waals surface area contributed by atoms with Crippen LogP contribution in [-0.4, -0.2) is 28.3 Å². The Hall–Kier alpha value is -2.73. The Kier molecular flexibility index (Phi) is 5.18. The second-order valence-electron chi connectivity index (χ2n) is 5.27. The number of aromatic nitrogens is 2. The van der Waals surface area contributed by atoms with Crippen LogP contribution in [0.3, 0.4) is 0 Å². The van der Waals surface area contributed by atoms with Gasteiger partial charge in [0.05, 0.1) is 18.1 Å². The van der Waals surface area contributed by atoms with E-state index < -0.39 is 0 Å². The van der Waals surface area contributed by atoms with Gasteiger partial charge in [0.2, 0.25) is 0 Å². The topological polar surface area (TPSA) is 79.3 Å². The van der Waals surface area contributed by atoms with Gasteiger partial charge in [-0.3, -0.25) is 14.8 Å². The predicted molar refractivity (Wildman–Crippen MR) is 95.1 cm³/mol. The third kappa shape index (κ3) is 4.89. The highest BCUT2D eigenvalue weighted by atomic mass is 35.5. The fourth-order valence-electron chi connectivity index (χ4n) is 1.87. The molecule has 0 unspecified atom stereocenters. The maximum Gasteiger partial charge on any atom is 0.275 e. The van der Waals surface area contributed by atoms with Crippen molar-refractivity contribution in [3.8, 4) is 0 Å². The quantitative estimate of drug-likeness (QED) is 0.625. The molecule has 1 fully saturated rings. The molecule has 1 amide bonds. The van der Waals surface area contributed by atoms with E-state index >= 15 is 0 Å². The first-order valence-corrected chi connectivity index (χ1v) is 7.93. The summed E-state index contributed by atoms with van der Waals surface area (Å²) < 4.78 is 0. The van der Waals surface area contributed by atoms with Crippen molar-refractivity contribution in [1.82, 2.24) is 15.3 Å². The number of halogens is 1. The predicted octanol–water partition coefficient (Wildman–Crippen LogP) is 3.13. The molecule has 0 atom stereocenters. The number of carbonyl (C=O) groups is 1. The number of aliphatic imine (C=N–C) groups is 1. The first kappa shape index (κ1) is 16.1. The Morgan fingerprint density at radius 3 is 3.00 bits per heavy atom. The van der Waals surface area contributed by atoms with Crippen molar-refractivity contribution >= 4 is 35.7 Å². The number of hydrogen-bond donors (Lipinski definition) is 2. The maximum atomic E-state index is 12.1. The van der Waals surface area contributed by atoms with Gasteiger partial charge in [-0.15, -0.1) is 0 Å². The molecule has 24 heavy (non-hydrogen) atoms. The molecule has 1 aliphatic carbocycles. The fraction of sp³-hybridized carbons (Fsp3) is 0.176. The van der Waals surface area contributed by atoms with Crippen molar-refractivity contribution in [1.29, 1.82) is 0 Å². The molecule has 0 aromatic carbocycles. The molecule has 1 aliphatic rings. The Morgan fingerprint density at radius 1 is 1.33 bits per heavy atom. The third-order valence-electron chi connectivity index (χ3n) is 3.22. The summed E-state index contributed by atoms with van der Waals surface area (Å²) >= 11 is 5.86. The zero-order valence-corrected chi connectivity index (χ0v) is 13.6. The molecule has 0 bridgehead atoms. The van der Waals surface area contributed by atoms with Crippen LogP contribution in [0.4, 0.5) is 5.82 Å². The number of rotatable bonds is 6. The largest absolute Gasteiger partial charge is 0.353 e. The molecule has 0 saturated heterocycles. The van der Waals surface area contributed by atoms with Crippen molar-refractivity contribution in [3.63, 3.8) is 0 Å². The highest BCUT2D eigenvalue weighted by molar-refractivity contribution is 6.30. The average Bonchev–Trinajstić information content (AvgIpc) is 3.39. The smallest absolute Gasteiger partial charge is 0.275 e. The molecule has 1 saturated carbocycles. The highest BCUT2D eigenvalue weighted by Gasteiger charge is 2.18. The van der Waals surface area contributed by atoms with Gasteiger partial charge in [0.1, 0.15) is 11.5 Å². The first-order valence-electron chi connectivity index (χ1n) is 7.55. The van der Waals surface area contributed by atoms with E-state index in [4.69, 9.17) is 11.6 Å². The van der Waals surface area contributed by atoms with E-state index in [2.05, 4.69) is 25.6 Å². The molecular weight excluding hydrogens is 326 g/mol. The van der Waals surface area contributed by atoms with Crippen LogP contribution >= 0.6 is 11.6 Å². The Morgan fingerprint density at radius 2 is 2.21 bits per heavy atom. The molecule has 6 nitrogen and oxygen atoms in total. The molecule has 0 aliphatic heterocycles. The fourth-order valence-corrected chi connectivity index (χ4v) is 2.03. The Bertz CT molecular complexity index is 786. The van der Waals surface area contributed by atoms with Crippen LogP contribution in [0.1, 0.15) is 29.0 Å². The lowest BCUT2D eigenvalue weighted by Gasteiger charge is -2.04. The number of anilines is 1. The van der Waals surface area contributed by atoms with Gasteiger partial charge in [0.25, 0.3) is 5.91 Å². The molecule has 2 N–H and O–H groups in total. The van der Waals surface area contributed by atoms with E-state index in [1.54, 1.807) is 30.7 Å². The normalized spacial score (nSPS) is 14.2. The minimum atomic E-state index is -0.360. The van der Waals surface area contributed by atoms with Crippen molar-refractivity contribution in [2.75, 3.05) is 5.32 Å². The van der Waals surface area contributed by atoms with Gasteiger partial charge >= 0.3 is 0 Å². The second kappa shape index (κ2) is 7.70. The Labute approximate surface area is 144 Å². The van der Waals surface area contributed by atoms with E-state index in [1.165, 1.54) is 25.1 Å². The van der Waals surface area contributed by atoms with Gasteiger partial charge < -0.3 is 10.6 Å². The highest BCUT2D eigenvalue weighted by Crippen LogP contribution is 2.22. The minimum Gasteiger partial charge on any atom is -0.353 e. The van der Waals surface area contributed by atoms with E-state index in [1.807, 2.05) is 12.1 Å². The van der Waals surface area contributed by atoms with E-state index in [9.17, 15) is 4.79 Å². The Balaban J connectivity index is 1.59. The number of pyridine rings is 2. The van der Waals surface area contributed by atoms with Gasteiger partial charge in [-0.1, -0.05) is 17.7 Å². The molecule has 3 rings (SSSR count). The summed E-state index contributed by atoms with van der Waals surface area (Å²) in [6, 6.07) is 8.96. The minimum absolute atomic E-state index is 0.239. The number of nitrogens with one attached hydrogen (secondary N) is 2. The van der Waals surface area contributed by atoms with Crippen LogP contribution in [-0.2, 0) is 0 Å². The number of amides is 1. The third-order valence-corrected chi connectivity index (χ3v) is 3.46. The van der Waals surface area contributed by atoms with Crippen LogP contribution in [0.5, 0.6) is 0 Å². The standard InChI is InChI=1S/C17H16ClN5O/c18-12-6-9-20-15(10-12)17(24)23-16-3-1-2-14(22-16)7-8-19-11-21-13-4-5-13/h1-3,6-11,13H,4-5H2,(H,19,21)(H,22,23,24)/b8-7+. The second-order valence-corrected chi connectivity index (χ2v) is 5.71. The van der Waals surface area contributed by atoms with Gasteiger partial charge in [0, 0.05) is 17.4 Å².